The van der Waals surface area contributed by atoms with Crippen LogP contribution in [0.15, 0.2) is 9.85 Å². The Balaban J connectivity index is 1.81. The molecule has 1 aliphatic carbocycles. The fourth-order valence-electron chi connectivity index (χ4n) is 2.89. The van der Waals surface area contributed by atoms with Gasteiger partial charge in [-0.3, -0.25) is 4.79 Å². The van der Waals surface area contributed by atoms with Crippen molar-refractivity contribution < 1.29 is 14.3 Å². The average molecular weight is 412 g/mol. The Morgan fingerprint density at radius 2 is 2.31 bits per heavy atom. The highest BCUT2D eigenvalue weighted by Crippen LogP contribution is 2.40. The Labute approximate surface area is 164 Å². The summed E-state index contributed by atoms with van der Waals surface area (Å²) in [6.07, 6.45) is 2.84. The Morgan fingerprint density at radius 3 is 3.00 bits per heavy atom. The largest absolute Gasteiger partial charge is 0.462 e. The molecule has 3 rings (SSSR count). The molecule has 1 N–H and O–H groups in total. The summed E-state index contributed by atoms with van der Waals surface area (Å²) in [4.78, 5) is 26.3. The van der Waals surface area contributed by atoms with Gasteiger partial charge in [0.2, 0.25) is 5.91 Å². The fraction of sp³-hybridized carbons (Fsp3) is 0.529. The molecule has 0 aliphatic heterocycles. The molecule has 2 aromatic rings. The zero-order valence-corrected chi connectivity index (χ0v) is 17.4. The van der Waals surface area contributed by atoms with E-state index in [4.69, 9.17) is 4.74 Å². The van der Waals surface area contributed by atoms with Crippen LogP contribution in [0.1, 0.15) is 48.0 Å². The summed E-state index contributed by atoms with van der Waals surface area (Å²) in [6, 6.07) is 0. The van der Waals surface area contributed by atoms with Gasteiger partial charge >= 0.3 is 5.97 Å². The molecule has 2 aromatic heterocycles. The van der Waals surface area contributed by atoms with E-state index in [0.29, 0.717) is 23.1 Å². The monoisotopic (exact) mass is 411 g/mol. The minimum absolute atomic E-state index is 0.151. The molecule has 6 nitrogen and oxygen atoms in total. The highest BCUT2D eigenvalue weighted by Gasteiger charge is 2.30. The molecule has 0 aromatic carbocycles. The van der Waals surface area contributed by atoms with Crippen LogP contribution < -0.4 is 5.32 Å². The standard InChI is InChI=1S/C17H21N3O3S3/c1-4-23-16(22)13-11-6-5-9(2)7-12(11)26-15(13)19-14(21)10(3)25-17-20-18-8-24-17/h8-10H,4-7H2,1-3H3,(H,19,21)/t9-,10+/m0/s1. The van der Waals surface area contributed by atoms with E-state index in [0.717, 1.165) is 29.2 Å². The number of thiophene rings is 1. The zero-order chi connectivity index (χ0) is 18.7. The first-order chi connectivity index (χ1) is 12.5. The molecule has 0 unspecified atom stereocenters. The van der Waals surface area contributed by atoms with E-state index in [2.05, 4.69) is 22.4 Å². The maximum atomic E-state index is 12.6. The number of ether oxygens (including phenoxy) is 1. The molecular weight excluding hydrogens is 390 g/mol. The van der Waals surface area contributed by atoms with Gasteiger partial charge < -0.3 is 10.1 Å². The predicted octanol–water partition coefficient (Wildman–Crippen LogP) is 4.02. The molecule has 0 spiro atoms. The molecule has 26 heavy (non-hydrogen) atoms. The van der Waals surface area contributed by atoms with E-state index < -0.39 is 0 Å². The maximum Gasteiger partial charge on any atom is 0.341 e. The summed E-state index contributed by atoms with van der Waals surface area (Å²) in [6.45, 7) is 6.14. The van der Waals surface area contributed by atoms with Crippen molar-refractivity contribution in [3.05, 3.63) is 21.5 Å². The summed E-state index contributed by atoms with van der Waals surface area (Å²) < 4.78 is 5.99. The number of esters is 1. The number of thioether (sulfide) groups is 1. The number of nitrogens with one attached hydrogen (secondary N) is 1. The lowest BCUT2D eigenvalue weighted by molar-refractivity contribution is -0.115. The van der Waals surface area contributed by atoms with Crippen LogP contribution in [0.2, 0.25) is 0 Å². The van der Waals surface area contributed by atoms with Gasteiger partial charge in [0.05, 0.1) is 17.4 Å². The number of nitrogens with zero attached hydrogens (tertiary/aromatic N) is 2. The van der Waals surface area contributed by atoms with Gasteiger partial charge in [0.15, 0.2) is 4.34 Å². The highest BCUT2D eigenvalue weighted by molar-refractivity contribution is 8.02. The van der Waals surface area contributed by atoms with E-state index in [1.807, 2.05) is 6.92 Å². The van der Waals surface area contributed by atoms with Crippen molar-refractivity contribution in [2.45, 2.75) is 49.6 Å². The van der Waals surface area contributed by atoms with Gasteiger partial charge in [-0.2, -0.15) is 0 Å². The second-order valence-corrected chi connectivity index (χ2v) is 9.76. The third kappa shape index (κ3) is 4.27. The second kappa shape index (κ2) is 8.49. The van der Waals surface area contributed by atoms with E-state index in [1.54, 1.807) is 12.4 Å². The van der Waals surface area contributed by atoms with Crippen LogP contribution in [-0.4, -0.2) is 33.9 Å². The topological polar surface area (TPSA) is 81.2 Å². The first-order valence-electron chi connectivity index (χ1n) is 8.54. The van der Waals surface area contributed by atoms with Gasteiger partial charge in [0, 0.05) is 4.88 Å². The third-order valence-electron chi connectivity index (χ3n) is 4.21. The van der Waals surface area contributed by atoms with E-state index in [1.165, 1.54) is 39.3 Å². The van der Waals surface area contributed by atoms with Crippen LogP contribution in [0.25, 0.3) is 0 Å². The molecule has 0 bridgehead atoms. The van der Waals surface area contributed by atoms with Crippen LogP contribution in [0.4, 0.5) is 5.00 Å². The Morgan fingerprint density at radius 1 is 1.50 bits per heavy atom. The van der Waals surface area contributed by atoms with E-state index in [-0.39, 0.29) is 17.1 Å². The SMILES string of the molecule is CCOC(=O)c1c(NC(=O)[C@@H](C)Sc2nncs2)sc2c1CC[C@H](C)C2. The first kappa shape index (κ1) is 19.3. The first-order valence-corrected chi connectivity index (χ1v) is 11.1. The lowest BCUT2D eigenvalue weighted by atomic mass is 9.88. The predicted molar refractivity (Wildman–Crippen MR) is 105 cm³/mol. The molecule has 1 amide bonds. The lowest BCUT2D eigenvalue weighted by Gasteiger charge is -2.18. The summed E-state index contributed by atoms with van der Waals surface area (Å²) in [5.41, 5.74) is 3.23. The van der Waals surface area contributed by atoms with Crippen LogP contribution in [0.5, 0.6) is 0 Å². The van der Waals surface area contributed by atoms with Crippen LogP contribution in [0, 0.1) is 5.92 Å². The molecule has 1 aliphatic rings. The van der Waals surface area contributed by atoms with Gasteiger partial charge in [-0.05, 0) is 44.6 Å². The Bertz CT molecular complexity index is 789. The number of hydrogen-bond donors (Lipinski definition) is 1. The number of hydrogen-bond acceptors (Lipinski definition) is 8. The van der Waals surface area contributed by atoms with Crippen molar-refractivity contribution in [2.24, 2.45) is 5.92 Å². The summed E-state index contributed by atoms with van der Waals surface area (Å²) in [5.74, 6) is 0.0910. The van der Waals surface area contributed by atoms with Crippen molar-refractivity contribution in [1.29, 1.82) is 0 Å². The normalized spacial score (nSPS) is 17.4. The number of aromatic nitrogens is 2. The number of amides is 1. The van der Waals surface area contributed by atoms with Crippen LogP contribution >= 0.6 is 34.4 Å². The molecule has 0 saturated heterocycles. The Hall–Kier alpha value is -1.45. The number of fused-ring (bicyclic) bond motifs is 1. The summed E-state index contributed by atoms with van der Waals surface area (Å²) >= 11 is 4.27. The molecule has 9 heteroatoms. The average Bonchev–Trinajstić information content (AvgIpc) is 3.21. The number of rotatable bonds is 6. The number of carbonyl (C=O) groups is 2. The van der Waals surface area contributed by atoms with E-state index in [9.17, 15) is 9.59 Å². The van der Waals surface area contributed by atoms with E-state index >= 15 is 0 Å². The second-order valence-electron chi connectivity index (χ2n) is 6.23. The minimum atomic E-state index is -0.348. The Kier molecular flexibility index (Phi) is 6.31. The molecular formula is C17H21N3O3S3. The summed E-state index contributed by atoms with van der Waals surface area (Å²) in [7, 11) is 0. The van der Waals surface area contributed by atoms with Gasteiger partial charge in [-0.15, -0.1) is 21.5 Å². The van der Waals surface area contributed by atoms with Crippen LogP contribution in [-0.2, 0) is 22.4 Å². The van der Waals surface area contributed by atoms with Crippen LogP contribution in [0.3, 0.4) is 0 Å². The molecule has 0 saturated carbocycles. The quantitative estimate of drug-likeness (QED) is 0.571. The highest BCUT2D eigenvalue weighted by atomic mass is 32.2. The smallest absolute Gasteiger partial charge is 0.341 e. The summed E-state index contributed by atoms with van der Waals surface area (Å²) in [5, 5.41) is 11.0. The molecule has 2 heterocycles. The number of carbonyl (C=O) groups excluding carboxylic acids is 2. The van der Waals surface area contributed by atoms with Crippen molar-refractivity contribution >= 4 is 51.3 Å². The molecule has 2 atom stereocenters. The van der Waals surface area contributed by atoms with Gasteiger partial charge in [-0.1, -0.05) is 30.0 Å². The van der Waals surface area contributed by atoms with Gasteiger partial charge in [0.25, 0.3) is 0 Å². The molecule has 140 valence electrons. The van der Waals surface area contributed by atoms with Gasteiger partial charge in [0.1, 0.15) is 10.5 Å². The maximum absolute atomic E-state index is 12.6. The molecule has 0 fully saturated rings. The van der Waals surface area contributed by atoms with Gasteiger partial charge in [-0.25, -0.2) is 4.79 Å². The van der Waals surface area contributed by atoms with Crippen molar-refractivity contribution in [1.82, 2.24) is 10.2 Å². The lowest BCUT2D eigenvalue weighted by Crippen LogP contribution is -2.23. The third-order valence-corrected chi connectivity index (χ3v) is 7.30. The fourth-order valence-corrected chi connectivity index (χ4v) is 5.92. The zero-order valence-electron chi connectivity index (χ0n) is 14.9. The minimum Gasteiger partial charge on any atom is -0.462 e. The van der Waals surface area contributed by atoms with Crippen molar-refractivity contribution in [2.75, 3.05) is 11.9 Å². The molecule has 0 radical (unpaired) electrons. The van der Waals surface area contributed by atoms with Crippen molar-refractivity contribution in [3.8, 4) is 0 Å². The number of anilines is 1. The van der Waals surface area contributed by atoms with Crippen molar-refractivity contribution in [3.63, 3.8) is 0 Å².